The van der Waals surface area contributed by atoms with Gasteiger partial charge in [-0.2, -0.15) is 0 Å². The van der Waals surface area contributed by atoms with E-state index < -0.39 is 33.5 Å². The summed E-state index contributed by atoms with van der Waals surface area (Å²) in [7, 11) is -3.65. The van der Waals surface area contributed by atoms with Crippen molar-refractivity contribution in [2.75, 3.05) is 0 Å². The minimum Gasteiger partial charge on any atom is -0.480 e. The molecule has 1 heterocycles. The van der Waals surface area contributed by atoms with E-state index in [1.165, 1.54) is 24.5 Å². The number of carboxylic acid groups (broad SMARTS) is 1. The van der Waals surface area contributed by atoms with Crippen LogP contribution in [0.1, 0.15) is 35.9 Å². The van der Waals surface area contributed by atoms with Crippen LogP contribution in [0.25, 0.3) is 0 Å². The third-order valence-corrected chi connectivity index (χ3v) is 5.26. The minimum atomic E-state index is -3.65. The van der Waals surface area contributed by atoms with Crippen molar-refractivity contribution in [1.29, 1.82) is 0 Å². The lowest BCUT2D eigenvalue weighted by Crippen LogP contribution is -2.40. The SMILES string of the molecule is CCCC(NC(=O)c1occc1CS(=O)(=O)c1ccccc1)C(=O)O. The molecule has 1 amide bonds. The highest BCUT2D eigenvalue weighted by atomic mass is 32.2. The molecule has 0 bridgehead atoms. The molecular formula is C17H19NO6S. The van der Waals surface area contributed by atoms with Gasteiger partial charge in [0.05, 0.1) is 16.9 Å². The van der Waals surface area contributed by atoms with Crippen LogP contribution >= 0.6 is 0 Å². The quantitative estimate of drug-likeness (QED) is 0.741. The number of hydrogen-bond acceptors (Lipinski definition) is 5. The summed E-state index contributed by atoms with van der Waals surface area (Å²) in [5, 5.41) is 11.5. The van der Waals surface area contributed by atoms with Crippen LogP contribution < -0.4 is 5.32 Å². The summed E-state index contributed by atoms with van der Waals surface area (Å²) >= 11 is 0. The molecule has 2 N–H and O–H groups in total. The first-order chi connectivity index (χ1) is 11.8. The number of sulfone groups is 1. The fraction of sp³-hybridized carbons (Fsp3) is 0.294. The zero-order chi connectivity index (χ0) is 18.4. The molecule has 0 saturated carbocycles. The Labute approximate surface area is 145 Å². The second-order valence-corrected chi connectivity index (χ2v) is 7.49. The number of furan rings is 1. The highest BCUT2D eigenvalue weighted by Gasteiger charge is 2.25. The predicted molar refractivity (Wildman–Crippen MR) is 89.8 cm³/mol. The molecule has 0 aliphatic heterocycles. The van der Waals surface area contributed by atoms with Crippen LogP contribution in [-0.4, -0.2) is 31.4 Å². The van der Waals surface area contributed by atoms with Crippen LogP contribution in [0.5, 0.6) is 0 Å². The van der Waals surface area contributed by atoms with Crippen molar-refractivity contribution in [2.24, 2.45) is 0 Å². The molecule has 134 valence electrons. The molecule has 0 radical (unpaired) electrons. The summed E-state index contributed by atoms with van der Waals surface area (Å²) in [6, 6.07) is 8.20. The first-order valence-corrected chi connectivity index (χ1v) is 9.38. The summed E-state index contributed by atoms with van der Waals surface area (Å²) in [5.74, 6) is -2.51. The topological polar surface area (TPSA) is 114 Å². The highest BCUT2D eigenvalue weighted by molar-refractivity contribution is 7.90. The number of rotatable bonds is 8. The molecule has 2 rings (SSSR count). The van der Waals surface area contributed by atoms with Gasteiger partial charge in [0, 0.05) is 5.56 Å². The van der Waals surface area contributed by atoms with Gasteiger partial charge in [-0.15, -0.1) is 0 Å². The molecule has 1 atom stereocenters. The third kappa shape index (κ3) is 4.69. The van der Waals surface area contributed by atoms with E-state index in [1.54, 1.807) is 25.1 Å². The van der Waals surface area contributed by atoms with Crippen LogP contribution in [0.15, 0.2) is 52.0 Å². The summed E-state index contributed by atoms with van der Waals surface area (Å²) < 4.78 is 30.0. The molecule has 8 heteroatoms. The Morgan fingerprint density at radius 2 is 1.88 bits per heavy atom. The summed E-state index contributed by atoms with van der Waals surface area (Å²) in [6.45, 7) is 1.80. The molecule has 1 aromatic heterocycles. The normalized spacial score (nSPS) is 12.5. The zero-order valence-corrected chi connectivity index (χ0v) is 14.5. The molecule has 25 heavy (non-hydrogen) atoms. The standard InChI is InChI=1S/C17H19NO6S/c1-2-6-14(17(20)21)18-16(19)15-12(9-10-24-15)11-25(22,23)13-7-4-3-5-8-13/h3-5,7-10,14H,2,6,11H2,1H3,(H,18,19)(H,20,21). The highest BCUT2D eigenvalue weighted by Crippen LogP contribution is 2.20. The average Bonchev–Trinajstić information content (AvgIpc) is 3.02. The van der Waals surface area contributed by atoms with Crippen LogP contribution in [0.2, 0.25) is 0 Å². The molecule has 2 aromatic rings. The van der Waals surface area contributed by atoms with Crippen molar-refractivity contribution in [2.45, 2.75) is 36.5 Å². The Morgan fingerprint density at radius 1 is 1.20 bits per heavy atom. The minimum absolute atomic E-state index is 0.136. The number of nitrogens with one attached hydrogen (secondary N) is 1. The van der Waals surface area contributed by atoms with E-state index >= 15 is 0 Å². The molecular weight excluding hydrogens is 346 g/mol. The van der Waals surface area contributed by atoms with E-state index in [0.717, 1.165) is 0 Å². The second-order valence-electron chi connectivity index (χ2n) is 5.50. The van der Waals surface area contributed by atoms with Gasteiger partial charge in [-0.05, 0) is 24.6 Å². The second kappa shape index (κ2) is 7.98. The van der Waals surface area contributed by atoms with Gasteiger partial charge in [-0.3, -0.25) is 4.79 Å². The molecule has 0 spiro atoms. The molecule has 0 saturated heterocycles. The molecule has 1 unspecified atom stereocenters. The van der Waals surface area contributed by atoms with Gasteiger partial charge in [0.25, 0.3) is 5.91 Å². The van der Waals surface area contributed by atoms with E-state index in [2.05, 4.69) is 5.32 Å². The van der Waals surface area contributed by atoms with Crippen LogP contribution in [0.4, 0.5) is 0 Å². The first kappa shape index (κ1) is 18.7. The van der Waals surface area contributed by atoms with E-state index in [0.29, 0.717) is 6.42 Å². The van der Waals surface area contributed by atoms with E-state index in [-0.39, 0.29) is 22.6 Å². The molecule has 0 aliphatic carbocycles. The third-order valence-electron chi connectivity index (χ3n) is 3.58. The Balaban J connectivity index is 2.20. The molecule has 1 aromatic carbocycles. The number of hydrogen-bond donors (Lipinski definition) is 2. The van der Waals surface area contributed by atoms with Crippen molar-refractivity contribution in [3.63, 3.8) is 0 Å². The number of benzene rings is 1. The van der Waals surface area contributed by atoms with Gasteiger partial charge in [0.15, 0.2) is 15.6 Å². The monoisotopic (exact) mass is 365 g/mol. The molecule has 0 fully saturated rings. The largest absolute Gasteiger partial charge is 0.480 e. The van der Waals surface area contributed by atoms with Crippen LogP contribution in [-0.2, 0) is 20.4 Å². The van der Waals surface area contributed by atoms with Gasteiger partial charge < -0.3 is 14.8 Å². The number of carbonyl (C=O) groups is 2. The lowest BCUT2D eigenvalue weighted by molar-refractivity contribution is -0.139. The van der Waals surface area contributed by atoms with E-state index in [9.17, 15) is 18.0 Å². The fourth-order valence-electron chi connectivity index (χ4n) is 2.33. The van der Waals surface area contributed by atoms with Gasteiger partial charge in [-0.1, -0.05) is 31.5 Å². The molecule has 7 nitrogen and oxygen atoms in total. The number of aliphatic carboxylic acids is 1. The van der Waals surface area contributed by atoms with Crippen molar-refractivity contribution >= 4 is 21.7 Å². The smallest absolute Gasteiger partial charge is 0.326 e. The van der Waals surface area contributed by atoms with Gasteiger partial charge in [0.1, 0.15) is 6.04 Å². The zero-order valence-electron chi connectivity index (χ0n) is 13.6. The summed E-state index contributed by atoms with van der Waals surface area (Å²) in [5.41, 5.74) is 0.182. The number of carbonyl (C=O) groups excluding carboxylic acids is 1. The first-order valence-electron chi connectivity index (χ1n) is 7.73. The van der Waals surface area contributed by atoms with Crippen molar-refractivity contribution < 1.29 is 27.5 Å². The maximum atomic E-state index is 12.4. The maximum absolute atomic E-state index is 12.4. The fourth-order valence-corrected chi connectivity index (χ4v) is 3.71. The van der Waals surface area contributed by atoms with Crippen molar-refractivity contribution in [1.82, 2.24) is 5.32 Å². The summed E-state index contributed by atoms with van der Waals surface area (Å²) in [4.78, 5) is 23.6. The Morgan fingerprint density at radius 3 is 2.48 bits per heavy atom. The Hall–Kier alpha value is -2.61. The van der Waals surface area contributed by atoms with Gasteiger partial charge >= 0.3 is 5.97 Å². The van der Waals surface area contributed by atoms with E-state index in [1.807, 2.05) is 0 Å². The lowest BCUT2D eigenvalue weighted by Gasteiger charge is -2.13. The summed E-state index contributed by atoms with van der Waals surface area (Å²) in [6.07, 6.45) is 2.05. The van der Waals surface area contributed by atoms with E-state index in [4.69, 9.17) is 9.52 Å². The van der Waals surface area contributed by atoms with Crippen molar-refractivity contribution in [3.8, 4) is 0 Å². The maximum Gasteiger partial charge on any atom is 0.326 e. The van der Waals surface area contributed by atoms with Crippen molar-refractivity contribution in [3.05, 3.63) is 54.0 Å². The Bertz CT molecular complexity index is 841. The van der Waals surface area contributed by atoms with Gasteiger partial charge in [-0.25, -0.2) is 13.2 Å². The van der Waals surface area contributed by atoms with Gasteiger partial charge in [0.2, 0.25) is 0 Å². The molecule has 0 aliphatic rings. The predicted octanol–water partition coefficient (Wildman–Crippen LogP) is 2.24. The number of carboxylic acids is 1. The van der Waals surface area contributed by atoms with Crippen LogP contribution in [0, 0.1) is 0 Å². The van der Waals surface area contributed by atoms with Crippen LogP contribution in [0.3, 0.4) is 0 Å². The average molecular weight is 365 g/mol. The Kier molecular flexibility index (Phi) is 5.97. The number of amides is 1. The lowest BCUT2D eigenvalue weighted by atomic mass is 10.1.